The zero-order valence-electron chi connectivity index (χ0n) is 12.4. The van der Waals surface area contributed by atoms with Crippen LogP contribution in [0.1, 0.15) is 19.3 Å². The van der Waals surface area contributed by atoms with Crippen molar-refractivity contribution in [3.63, 3.8) is 0 Å². The molecule has 0 aliphatic carbocycles. The van der Waals surface area contributed by atoms with Crippen LogP contribution in [0.25, 0.3) is 0 Å². The van der Waals surface area contributed by atoms with Crippen molar-refractivity contribution in [1.82, 2.24) is 10.2 Å². The van der Waals surface area contributed by atoms with Crippen LogP contribution in [0.15, 0.2) is 30.3 Å². The van der Waals surface area contributed by atoms with Crippen LogP contribution in [0, 0.1) is 5.92 Å². The number of ether oxygens (including phenoxy) is 1. The Morgan fingerprint density at radius 3 is 2.81 bits per heavy atom. The maximum Gasteiger partial charge on any atom is 0.227 e. The maximum absolute atomic E-state index is 12.2. The van der Waals surface area contributed by atoms with Crippen molar-refractivity contribution in [3.05, 3.63) is 30.3 Å². The number of benzene rings is 1. The topological polar surface area (TPSA) is 58.6 Å². The molecule has 1 aromatic rings. The van der Waals surface area contributed by atoms with Gasteiger partial charge in [-0.1, -0.05) is 18.2 Å². The van der Waals surface area contributed by atoms with E-state index in [0.29, 0.717) is 32.5 Å². The van der Waals surface area contributed by atoms with Crippen LogP contribution < -0.4 is 10.1 Å². The molecule has 5 heteroatoms. The lowest BCUT2D eigenvalue weighted by Gasteiger charge is -2.26. The van der Waals surface area contributed by atoms with E-state index in [1.807, 2.05) is 30.3 Å². The highest BCUT2D eigenvalue weighted by Gasteiger charge is 2.26. The highest BCUT2D eigenvalue weighted by atomic mass is 16.5. The van der Waals surface area contributed by atoms with Gasteiger partial charge in [0.2, 0.25) is 11.8 Å². The Morgan fingerprint density at radius 1 is 1.38 bits per heavy atom. The number of hydrogen-bond donors (Lipinski definition) is 1. The van der Waals surface area contributed by atoms with Crippen LogP contribution in [-0.4, -0.2) is 43.5 Å². The summed E-state index contributed by atoms with van der Waals surface area (Å²) in [5.74, 6) is 0.914. The number of para-hydroxylation sites is 1. The Balaban J connectivity index is 1.66. The SMILES string of the molecule is CN(CCCOc1ccccc1)C(=O)C1CCC(=O)NC1. The molecule has 1 N–H and O–H groups in total. The fourth-order valence-electron chi connectivity index (χ4n) is 2.37. The van der Waals surface area contributed by atoms with E-state index in [9.17, 15) is 9.59 Å². The smallest absolute Gasteiger partial charge is 0.227 e. The lowest BCUT2D eigenvalue weighted by Crippen LogP contribution is -2.44. The zero-order chi connectivity index (χ0) is 15.1. The van der Waals surface area contributed by atoms with Gasteiger partial charge in [0.05, 0.1) is 12.5 Å². The molecule has 1 unspecified atom stereocenters. The first-order chi connectivity index (χ1) is 10.2. The van der Waals surface area contributed by atoms with Gasteiger partial charge in [0.25, 0.3) is 0 Å². The summed E-state index contributed by atoms with van der Waals surface area (Å²) in [4.78, 5) is 25.0. The quantitative estimate of drug-likeness (QED) is 0.807. The summed E-state index contributed by atoms with van der Waals surface area (Å²) in [6.45, 7) is 1.71. The van der Waals surface area contributed by atoms with Gasteiger partial charge in [0, 0.05) is 26.6 Å². The fourth-order valence-corrected chi connectivity index (χ4v) is 2.37. The molecule has 1 saturated heterocycles. The summed E-state index contributed by atoms with van der Waals surface area (Å²) in [5.41, 5.74) is 0. The predicted molar refractivity (Wildman–Crippen MR) is 79.9 cm³/mol. The third-order valence-electron chi connectivity index (χ3n) is 3.64. The molecule has 0 bridgehead atoms. The fraction of sp³-hybridized carbons (Fsp3) is 0.500. The molecule has 1 aliphatic rings. The van der Waals surface area contributed by atoms with Gasteiger partial charge in [-0.2, -0.15) is 0 Å². The van der Waals surface area contributed by atoms with Crippen molar-refractivity contribution < 1.29 is 14.3 Å². The lowest BCUT2D eigenvalue weighted by atomic mass is 9.98. The minimum absolute atomic E-state index is 0.0398. The first kappa shape index (κ1) is 15.4. The first-order valence-corrected chi connectivity index (χ1v) is 7.36. The molecule has 1 fully saturated rings. The number of nitrogens with zero attached hydrogens (tertiary/aromatic N) is 1. The van der Waals surface area contributed by atoms with Crippen molar-refractivity contribution in [3.8, 4) is 5.75 Å². The molecule has 114 valence electrons. The van der Waals surface area contributed by atoms with Crippen molar-refractivity contribution in [2.24, 2.45) is 5.92 Å². The van der Waals surface area contributed by atoms with Crippen molar-refractivity contribution in [1.29, 1.82) is 0 Å². The molecule has 1 heterocycles. The van der Waals surface area contributed by atoms with E-state index in [2.05, 4.69) is 5.32 Å². The molecular weight excluding hydrogens is 268 g/mol. The normalized spacial score (nSPS) is 18.0. The highest BCUT2D eigenvalue weighted by molar-refractivity contribution is 5.83. The van der Waals surface area contributed by atoms with E-state index < -0.39 is 0 Å². The van der Waals surface area contributed by atoms with Gasteiger partial charge in [-0.25, -0.2) is 0 Å². The standard InChI is InChI=1S/C16H22N2O3/c1-18(16(20)13-8-9-15(19)17-12-13)10-5-11-21-14-6-3-2-4-7-14/h2-4,6-7,13H,5,8-12H2,1H3,(H,17,19). The van der Waals surface area contributed by atoms with Gasteiger partial charge < -0.3 is 15.0 Å². The van der Waals surface area contributed by atoms with Gasteiger partial charge in [-0.05, 0) is 25.0 Å². The molecule has 2 rings (SSSR count). The van der Waals surface area contributed by atoms with Gasteiger partial charge in [0.15, 0.2) is 0 Å². The van der Waals surface area contributed by atoms with Crippen LogP contribution in [-0.2, 0) is 9.59 Å². The van der Waals surface area contributed by atoms with E-state index in [0.717, 1.165) is 12.2 Å². The average Bonchev–Trinajstić information content (AvgIpc) is 2.52. The predicted octanol–water partition coefficient (Wildman–Crippen LogP) is 1.44. The summed E-state index contributed by atoms with van der Waals surface area (Å²) >= 11 is 0. The molecule has 5 nitrogen and oxygen atoms in total. The van der Waals surface area contributed by atoms with E-state index in [1.54, 1.807) is 11.9 Å². The van der Waals surface area contributed by atoms with Crippen LogP contribution in [0.5, 0.6) is 5.75 Å². The number of amides is 2. The number of carbonyl (C=O) groups excluding carboxylic acids is 2. The van der Waals surface area contributed by atoms with Crippen LogP contribution in [0.3, 0.4) is 0 Å². The number of hydrogen-bond acceptors (Lipinski definition) is 3. The third-order valence-corrected chi connectivity index (χ3v) is 3.64. The number of carbonyl (C=O) groups is 2. The number of rotatable bonds is 6. The Morgan fingerprint density at radius 2 is 2.14 bits per heavy atom. The summed E-state index contributed by atoms with van der Waals surface area (Å²) < 4.78 is 5.60. The Hall–Kier alpha value is -2.04. The van der Waals surface area contributed by atoms with E-state index in [1.165, 1.54) is 0 Å². The molecular formula is C16H22N2O3. The van der Waals surface area contributed by atoms with Gasteiger partial charge in [-0.3, -0.25) is 9.59 Å². The minimum atomic E-state index is -0.0808. The average molecular weight is 290 g/mol. The highest BCUT2D eigenvalue weighted by Crippen LogP contribution is 2.14. The Labute approximate surface area is 125 Å². The largest absolute Gasteiger partial charge is 0.494 e. The molecule has 1 atom stereocenters. The summed E-state index contributed by atoms with van der Waals surface area (Å²) in [7, 11) is 1.81. The molecule has 0 spiro atoms. The monoisotopic (exact) mass is 290 g/mol. The van der Waals surface area contributed by atoms with E-state index in [-0.39, 0.29) is 17.7 Å². The molecule has 0 saturated carbocycles. The molecule has 1 aliphatic heterocycles. The second kappa shape index (κ2) is 7.67. The lowest BCUT2D eigenvalue weighted by molar-refractivity contribution is -0.136. The van der Waals surface area contributed by atoms with Gasteiger partial charge >= 0.3 is 0 Å². The van der Waals surface area contributed by atoms with Crippen LogP contribution in [0.4, 0.5) is 0 Å². The van der Waals surface area contributed by atoms with Crippen molar-refractivity contribution >= 4 is 11.8 Å². The third kappa shape index (κ3) is 4.77. The second-order valence-corrected chi connectivity index (χ2v) is 5.31. The Bertz CT molecular complexity index is 466. The second-order valence-electron chi connectivity index (χ2n) is 5.31. The summed E-state index contributed by atoms with van der Waals surface area (Å²) in [6, 6.07) is 9.64. The van der Waals surface area contributed by atoms with E-state index >= 15 is 0 Å². The molecule has 1 aromatic carbocycles. The van der Waals surface area contributed by atoms with Crippen LogP contribution >= 0.6 is 0 Å². The minimum Gasteiger partial charge on any atom is -0.494 e. The zero-order valence-corrected chi connectivity index (χ0v) is 12.4. The van der Waals surface area contributed by atoms with Crippen molar-refractivity contribution in [2.75, 3.05) is 26.7 Å². The molecule has 0 radical (unpaired) electrons. The van der Waals surface area contributed by atoms with Crippen LogP contribution in [0.2, 0.25) is 0 Å². The van der Waals surface area contributed by atoms with Crippen molar-refractivity contribution in [2.45, 2.75) is 19.3 Å². The maximum atomic E-state index is 12.2. The summed E-state index contributed by atoms with van der Waals surface area (Å²) in [6.07, 6.45) is 1.88. The summed E-state index contributed by atoms with van der Waals surface area (Å²) in [5, 5.41) is 2.75. The van der Waals surface area contributed by atoms with Gasteiger partial charge in [-0.15, -0.1) is 0 Å². The van der Waals surface area contributed by atoms with Gasteiger partial charge in [0.1, 0.15) is 5.75 Å². The Kier molecular flexibility index (Phi) is 5.60. The molecule has 0 aromatic heterocycles. The first-order valence-electron chi connectivity index (χ1n) is 7.36. The number of nitrogens with one attached hydrogen (secondary N) is 1. The molecule has 21 heavy (non-hydrogen) atoms. The number of piperidine rings is 1. The van der Waals surface area contributed by atoms with E-state index in [4.69, 9.17) is 4.74 Å². The molecule has 2 amide bonds.